The topological polar surface area (TPSA) is 104 Å². The van der Waals surface area contributed by atoms with E-state index in [4.69, 9.17) is 10.1 Å². The standard InChI is InChI=1S/C25H23N5O2/c1-3-6-22-21(25-28-23(14-24(31)32)29-30(25)16(2)27-22)13-17-9-11-18(12-10-17)20-8-5-4-7-19(20)15-26/h4-5,7-12H,3,6,13-14H2,1-2H3,(H,31,32). The van der Waals surface area contributed by atoms with Crippen molar-refractivity contribution in [1.29, 1.82) is 5.26 Å². The first-order chi connectivity index (χ1) is 15.5. The highest BCUT2D eigenvalue weighted by Gasteiger charge is 2.18. The SMILES string of the molecule is CCCc1nc(C)n2nc(CC(=O)O)nc2c1Cc1ccc(-c2ccccc2C#N)cc1. The highest BCUT2D eigenvalue weighted by atomic mass is 16.4. The fourth-order valence-corrected chi connectivity index (χ4v) is 3.89. The third-order valence-electron chi connectivity index (χ3n) is 5.36. The molecule has 2 aromatic heterocycles. The van der Waals surface area contributed by atoms with E-state index in [1.807, 2.05) is 55.5 Å². The molecule has 1 N–H and O–H groups in total. The van der Waals surface area contributed by atoms with Gasteiger partial charge in [0.2, 0.25) is 0 Å². The van der Waals surface area contributed by atoms with Crippen molar-refractivity contribution in [2.24, 2.45) is 0 Å². The molecule has 0 radical (unpaired) electrons. The number of nitriles is 1. The van der Waals surface area contributed by atoms with Crippen LogP contribution in [0.15, 0.2) is 48.5 Å². The molecule has 0 saturated carbocycles. The lowest BCUT2D eigenvalue weighted by Gasteiger charge is -2.12. The van der Waals surface area contributed by atoms with Gasteiger partial charge in [0.1, 0.15) is 12.2 Å². The van der Waals surface area contributed by atoms with Crippen LogP contribution in [0.3, 0.4) is 0 Å². The lowest BCUT2D eigenvalue weighted by molar-refractivity contribution is -0.136. The van der Waals surface area contributed by atoms with Crippen LogP contribution in [-0.4, -0.2) is 30.7 Å². The minimum absolute atomic E-state index is 0.226. The zero-order valence-corrected chi connectivity index (χ0v) is 18.0. The normalized spacial score (nSPS) is 10.9. The molecule has 0 spiro atoms. The second-order valence-electron chi connectivity index (χ2n) is 7.70. The molecule has 32 heavy (non-hydrogen) atoms. The molecule has 4 rings (SSSR count). The quantitative estimate of drug-likeness (QED) is 0.477. The molecule has 0 aliphatic carbocycles. The van der Waals surface area contributed by atoms with Crippen molar-refractivity contribution in [1.82, 2.24) is 19.6 Å². The number of nitrogens with zero attached hydrogens (tertiary/aromatic N) is 5. The molecule has 7 nitrogen and oxygen atoms in total. The Morgan fingerprint density at radius 2 is 1.88 bits per heavy atom. The average Bonchev–Trinajstić information content (AvgIpc) is 3.20. The lowest BCUT2D eigenvalue weighted by atomic mass is 9.97. The van der Waals surface area contributed by atoms with Crippen LogP contribution in [-0.2, 0) is 24.1 Å². The van der Waals surface area contributed by atoms with Crippen LogP contribution in [0, 0.1) is 18.3 Å². The second kappa shape index (κ2) is 8.98. The summed E-state index contributed by atoms with van der Waals surface area (Å²) in [6, 6.07) is 17.9. The molecule has 4 aromatic rings. The van der Waals surface area contributed by atoms with Crippen LogP contribution in [0.25, 0.3) is 16.8 Å². The highest BCUT2D eigenvalue weighted by Crippen LogP contribution is 2.26. The average molecular weight is 425 g/mol. The number of aryl methyl sites for hydroxylation is 2. The Morgan fingerprint density at radius 3 is 2.56 bits per heavy atom. The van der Waals surface area contributed by atoms with Crippen LogP contribution >= 0.6 is 0 Å². The fraction of sp³-hybridized carbons (Fsp3) is 0.240. The number of carbonyl (C=O) groups is 1. The summed E-state index contributed by atoms with van der Waals surface area (Å²) in [6.07, 6.45) is 2.13. The van der Waals surface area contributed by atoms with Gasteiger partial charge in [-0.15, -0.1) is 5.10 Å². The fourth-order valence-electron chi connectivity index (χ4n) is 3.89. The number of carboxylic acids is 1. The van der Waals surface area contributed by atoms with E-state index in [2.05, 4.69) is 23.1 Å². The van der Waals surface area contributed by atoms with E-state index in [-0.39, 0.29) is 12.2 Å². The molecule has 0 aliphatic heterocycles. The molecule has 0 bridgehead atoms. The number of rotatable bonds is 7. The Morgan fingerprint density at radius 1 is 1.12 bits per heavy atom. The first-order valence-electron chi connectivity index (χ1n) is 10.5. The van der Waals surface area contributed by atoms with Crippen LogP contribution in [0.1, 0.15) is 47.4 Å². The Bertz CT molecular complexity index is 1330. The maximum Gasteiger partial charge on any atom is 0.311 e. The zero-order chi connectivity index (χ0) is 22.7. The third kappa shape index (κ3) is 4.21. The molecule has 2 aromatic carbocycles. The lowest BCUT2D eigenvalue weighted by Crippen LogP contribution is -2.08. The summed E-state index contributed by atoms with van der Waals surface area (Å²) >= 11 is 0. The molecule has 0 aliphatic rings. The maximum absolute atomic E-state index is 11.1. The summed E-state index contributed by atoms with van der Waals surface area (Å²) < 4.78 is 1.64. The van der Waals surface area contributed by atoms with Gasteiger partial charge in [-0.25, -0.2) is 9.97 Å². The van der Waals surface area contributed by atoms with Crippen LogP contribution < -0.4 is 0 Å². The van der Waals surface area contributed by atoms with E-state index < -0.39 is 5.97 Å². The summed E-state index contributed by atoms with van der Waals surface area (Å²) in [7, 11) is 0. The Hall–Kier alpha value is -4.05. The van der Waals surface area contributed by atoms with Crippen molar-refractivity contribution in [2.75, 3.05) is 0 Å². The summed E-state index contributed by atoms with van der Waals surface area (Å²) in [5.41, 5.74) is 6.20. The van der Waals surface area contributed by atoms with Crippen molar-refractivity contribution in [3.8, 4) is 17.2 Å². The van der Waals surface area contributed by atoms with Crippen LogP contribution in [0.5, 0.6) is 0 Å². The van der Waals surface area contributed by atoms with Gasteiger partial charge in [-0.3, -0.25) is 4.79 Å². The first-order valence-corrected chi connectivity index (χ1v) is 10.5. The van der Waals surface area contributed by atoms with E-state index in [1.165, 1.54) is 0 Å². The van der Waals surface area contributed by atoms with Gasteiger partial charge in [0.05, 0.1) is 11.6 Å². The largest absolute Gasteiger partial charge is 0.481 e. The number of hydrogen-bond acceptors (Lipinski definition) is 5. The van der Waals surface area contributed by atoms with E-state index >= 15 is 0 Å². The molecule has 0 fully saturated rings. The molecule has 0 saturated heterocycles. The molecule has 0 unspecified atom stereocenters. The Labute approximate surface area is 186 Å². The van der Waals surface area contributed by atoms with Gasteiger partial charge in [0, 0.05) is 17.7 Å². The monoisotopic (exact) mass is 425 g/mol. The van der Waals surface area contributed by atoms with Gasteiger partial charge < -0.3 is 5.11 Å². The summed E-state index contributed by atoms with van der Waals surface area (Å²) in [4.78, 5) is 20.4. The second-order valence-corrected chi connectivity index (χ2v) is 7.70. The molecule has 2 heterocycles. The number of carboxylic acid groups (broad SMARTS) is 1. The van der Waals surface area contributed by atoms with Crippen molar-refractivity contribution < 1.29 is 9.90 Å². The first kappa shape index (κ1) is 21.2. The Kier molecular flexibility index (Phi) is 5.95. The molecule has 0 atom stereocenters. The maximum atomic E-state index is 11.1. The van der Waals surface area contributed by atoms with Crippen molar-refractivity contribution in [3.63, 3.8) is 0 Å². The zero-order valence-electron chi connectivity index (χ0n) is 18.0. The minimum Gasteiger partial charge on any atom is -0.481 e. The number of benzene rings is 2. The van der Waals surface area contributed by atoms with E-state index in [0.717, 1.165) is 40.8 Å². The van der Waals surface area contributed by atoms with Gasteiger partial charge in [0.25, 0.3) is 0 Å². The van der Waals surface area contributed by atoms with Gasteiger partial charge in [-0.05, 0) is 36.1 Å². The summed E-state index contributed by atoms with van der Waals surface area (Å²) in [5.74, 6) is 0.00985. The van der Waals surface area contributed by atoms with Gasteiger partial charge >= 0.3 is 5.97 Å². The summed E-state index contributed by atoms with van der Waals surface area (Å²) in [6.45, 7) is 3.96. The highest BCUT2D eigenvalue weighted by molar-refractivity contribution is 5.71. The van der Waals surface area contributed by atoms with Crippen LogP contribution in [0.2, 0.25) is 0 Å². The van der Waals surface area contributed by atoms with E-state index in [0.29, 0.717) is 23.5 Å². The predicted molar refractivity (Wildman–Crippen MR) is 120 cm³/mol. The minimum atomic E-state index is -0.963. The van der Waals surface area contributed by atoms with Gasteiger partial charge in [-0.2, -0.15) is 9.78 Å². The molecule has 160 valence electrons. The number of aliphatic carboxylic acids is 1. The van der Waals surface area contributed by atoms with Crippen molar-refractivity contribution in [3.05, 3.63) is 82.6 Å². The van der Waals surface area contributed by atoms with Gasteiger partial charge in [0.15, 0.2) is 11.5 Å². The van der Waals surface area contributed by atoms with Gasteiger partial charge in [-0.1, -0.05) is 55.8 Å². The number of hydrogen-bond donors (Lipinski definition) is 1. The van der Waals surface area contributed by atoms with Crippen molar-refractivity contribution >= 4 is 11.6 Å². The predicted octanol–water partition coefficient (Wildman–Crippen LogP) is 4.14. The smallest absolute Gasteiger partial charge is 0.311 e. The molecular formula is C25H23N5O2. The molecule has 7 heteroatoms. The van der Waals surface area contributed by atoms with E-state index in [9.17, 15) is 10.1 Å². The summed E-state index contributed by atoms with van der Waals surface area (Å²) in [5, 5.41) is 22.9. The third-order valence-corrected chi connectivity index (χ3v) is 5.36. The Balaban J connectivity index is 1.73. The van der Waals surface area contributed by atoms with Crippen molar-refractivity contribution in [2.45, 2.75) is 39.5 Å². The molecular weight excluding hydrogens is 402 g/mol. The van der Waals surface area contributed by atoms with Crippen LogP contribution in [0.4, 0.5) is 0 Å². The molecule has 0 amide bonds. The number of fused-ring (bicyclic) bond motifs is 1. The number of aromatic nitrogens is 4. The van der Waals surface area contributed by atoms with E-state index in [1.54, 1.807) is 4.52 Å².